The second-order valence-corrected chi connectivity index (χ2v) is 9.99. The Kier molecular flexibility index (Phi) is 15.2. The number of carboxylic acids is 1. The van der Waals surface area contributed by atoms with E-state index in [1.54, 1.807) is 11.8 Å². The van der Waals surface area contributed by atoms with Crippen LogP contribution in [0.1, 0.15) is 44.9 Å². The Balaban J connectivity index is 2.86. The van der Waals surface area contributed by atoms with Gasteiger partial charge in [0, 0.05) is 0 Å². The quantitative estimate of drug-likeness (QED) is 0.148. The van der Waals surface area contributed by atoms with Crippen molar-refractivity contribution in [2.45, 2.75) is 69.1 Å². The molecular weight excluding hydrogens is 466 g/mol. The maximum atomic E-state index is 13.1. The van der Waals surface area contributed by atoms with E-state index in [9.17, 15) is 24.3 Å². The van der Waals surface area contributed by atoms with Gasteiger partial charge in [0.2, 0.25) is 17.7 Å². The van der Waals surface area contributed by atoms with Gasteiger partial charge >= 0.3 is 5.97 Å². The molecule has 10 nitrogen and oxygen atoms in total. The number of carboxylic acid groups (broad SMARTS) is 1. The molecule has 3 amide bonds. The molecule has 0 aliphatic carbocycles. The van der Waals surface area contributed by atoms with E-state index >= 15 is 0 Å². The number of carbonyl (C=O) groups excluding carboxylic acids is 3. The van der Waals surface area contributed by atoms with Crippen LogP contribution in [0.2, 0.25) is 0 Å². The molecule has 1 saturated heterocycles. The molecule has 0 bridgehead atoms. The Morgan fingerprint density at radius 1 is 0.939 bits per heavy atom. The number of nitrogens with two attached hydrogens (primary N) is 1. The third kappa shape index (κ3) is 11.5. The summed E-state index contributed by atoms with van der Waals surface area (Å²) in [5.74, 6) is -1.07. The van der Waals surface area contributed by atoms with Gasteiger partial charge in [-0.25, -0.2) is 4.79 Å². The summed E-state index contributed by atoms with van der Waals surface area (Å²) in [7, 11) is 0. The van der Waals surface area contributed by atoms with Gasteiger partial charge < -0.3 is 32.1 Å². The zero-order chi connectivity index (χ0) is 24.6. The Hall–Kier alpha value is -1.50. The van der Waals surface area contributed by atoms with Gasteiger partial charge in [0.05, 0.1) is 6.04 Å². The number of unbranched alkanes of at least 4 members (excludes halogenated alkanes) is 1. The normalized spacial score (nSPS) is 18.2. The lowest BCUT2D eigenvalue weighted by molar-refractivity contribution is -0.142. The molecule has 0 aromatic heterocycles. The molecular formula is C21H39N5O5S2. The van der Waals surface area contributed by atoms with Crippen LogP contribution in [0.15, 0.2) is 0 Å². The van der Waals surface area contributed by atoms with Crippen LogP contribution < -0.4 is 27.0 Å². The zero-order valence-electron chi connectivity index (χ0n) is 19.6. The molecule has 0 saturated carbocycles. The van der Waals surface area contributed by atoms with E-state index < -0.39 is 35.9 Å². The molecule has 0 aromatic carbocycles. The van der Waals surface area contributed by atoms with Gasteiger partial charge in [-0.3, -0.25) is 14.4 Å². The first-order valence-electron chi connectivity index (χ1n) is 11.4. The van der Waals surface area contributed by atoms with Crippen LogP contribution in [0.4, 0.5) is 0 Å². The third-order valence-corrected chi connectivity index (χ3v) is 6.71. The summed E-state index contributed by atoms with van der Waals surface area (Å²) in [6, 6.07) is -3.02. The van der Waals surface area contributed by atoms with Gasteiger partial charge in [0.25, 0.3) is 0 Å². The number of carbonyl (C=O) groups is 4. The minimum Gasteiger partial charge on any atom is -0.480 e. The maximum Gasteiger partial charge on any atom is 0.326 e. The summed E-state index contributed by atoms with van der Waals surface area (Å²) in [6.07, 6.45) is 7.72. The average Bonchev–Trinajstić information content (AvgIpc) is 3.33. The molecule has 1 heterocycles. The van der Waals surface area contributed by atoms with Gasteiger partial charge in [-0.05, 0) is 82.1 Å². The summed E-state index contributed by atoms with van der Waals surface area (Å²) < 4.78 is 0. The fraction of sp³-hybridized carbons (Fsp3) is 0.810. The molecule has 1 aliphatic rings. The summed E-state index contributed by atoms with van der Waals surface area (Å²) in [4.78, 5) is 50.0. The molecule has 4 atom stereocenters. The smallest absolute Gasteiger partial charge is 0.326 e. The minimum absolute atomic E-state index is 0.221. The number of rotatable bonds is 17. The lowest BCUT2D eigenvalue weighted by Gasteiger charge is -2.25. The van der Waals surface area contributed by atoms with E-state index in [0.717, 1.165) is 19.4 Å². The number of amides is 3. The number of nitrogens with one attached hydrogen (secondary N) is 4. The number of hydrogen-bond donors (Lipinski definition) is 6. The first-order chi connectivity index (χ1) is 15.8. The zero-order valence-corrected chi connectivity index (χ0v) is 21.2. The first kappa shape index (κ1) is 29.5. The number of aliphatic carboxylic acids is 1. The number of thioether (sulfide) groups is 2. The van der Waals surface area contributed by atoms with Crippen molar-refractivity contribution in [3.8, 4) is 0 Å². The van der Waals surface area contributed by atoms with Crippen LogP contribution >= 0.6 is 23.5 Å². The molecule has 1 aliphatic heterocycles. The second-order valence-electron chi connectivity index (χ2n) is 8.02. The van der Waals surface area contributed by atoms with Crippen molar-refractivity contribution in [2.75, 3.05) is 37.1 Å². The van der Waals surface area contributed by atoms with Crippen molar-refractivity contribution < 1.29 is 24.3 Å². The molecule has 190 valence electrons. The molecule has 7 N–H and O–H groups in total. The van der Waals surface area contributed by atoms with E-state index in [-0.39, 0.29) is 18.4 Å². The molecule has 12 heteroatoms. The van der Waals surface area contributed by atoms with Crippen LogP contribution in [0.25, 0.3) is 0 Å². The summed E-state index contributed by atoms with van der Waals surface area (Å²) in [5.41, 5.74) is 5.56. The predicted molar refractivity (Wildman–Crippen MR) is 133 cm³/mol. The predicted octanol–water partition coefficient (Wildman–Crippen LogP) is -0.0874. The molecule has 1 fully saturated rings. The fourth-order valence-electron chi connectivity index (χ4n) is 3.48. The van der Waals surface area contributed by atoms with Gasteiger partial charge in [-0.1, -0.05) is 0 Å². The summed E-state index contributed by atoms with van der Waals surface area (Å²) >= 11 is 3.05. The number of hydrogen-bond acceptors (Lipinski definition) is 8. The molecule has 0 radical (unpaired) electrons. The van der Waals surface area contributed by atoms with E-state index in [2.05, 4.69) is 21.3 Å². The summed E-state index contributed by atoms with van der Waals surface area (Å²) in [6.45, 7) is 1.22. The van der Waals surface area contributed by atoms with E-state index in [1.165, 1.54) is 11.8 Å². The Morgan fingerprint density at radius 3 is 2.03 bits per heavy atom. The second kappa shape index (κ2) is 17.0. The molecule has 0 spiro atoms. The van der Waals surface area contributed by atoms with Crippen LogP contribution in [0, 0.1) is 0 Å². The highest BCUT2D eigenvalue weighted by molar-refractivity contribution is 7.98. The molecule has 33 heavy (non-hydrogen) atoms. The fourth-order valence-corrected chi connectivity index (χ4v) is 4.43. The van der Waals surface area contributed by atoms with Crippen LogP contribution in [0.3, 0.4) is 0 Å². The maximum absolute atomic E-state index is 13.1. The molecule has 4 unspecified atom stereocenters. The van der Waals surface area contributed by atoms with Crippen molar-refractivity contribution in [3.05, 3.63) is 0 Å². The standard InChI is InChI=1S/C21H39N5O5S2/c1-32-12-8-16(25-18(27)14-7-5-11-23-14)20(29)24-15(6-3-4-10-22)19(28)26-17(21(30)31)9-13-33-2/h14-17,23H,3-13,22H2,1-2H3,(H,24,29)(H,25,27)(H,26,28)(H,30,31). The largest absolute Gasteiger partial charge is 0.480 e. The van der Waals surface area contributed by atoms with Gasteiger partial charge in [0.15, 0.2) is 0 Å². The van der Waals surface area contributed by atoms with E-state index in [0.29, 0.717) is 43.7 Å². The van der Waals surface area contributed by atoms with Crippen LogP contribution in [-0.4, -0.2) is 90.1 Å². The average molecular weight is 506 g/mol. The Bertz CT molecular complexity index is 634. The lowest BCUT2D eigenvalue weighted by Crippen LogP contribution is -2.57. The van der Waals surface area contributed by atoms with E-state index in [1.807, 2.05) is 12.5 Å². The SMILES string of the molecule is CSCCC(NC(=O)C(CCCCN)NC(=O)C(CCSC)NC(=O)C1CCCN1)C(=O)O. The topological polar surface area (TPSA) is 163 Å². The monoisotopic (exact) mass is 505 g/mol. The molecule has 1 rings (SSSR count). The highest BCUT2D eigenvalue weighted by Crippen LogP contribution is 2.09. The van der Waals surface area contributed by atoms with Gasteiger partial charge in [-0.2, -0.15) is 23.5 Å². The highest BCUT2D eigenvalue weighted by Gasteiger charge is 2.31. The third-order valence-electron chi connectivity index (χ3n) is 5.43. The van der Waals surface area contributed by atoms with Crippen LogP contribution in [-0.2, 0) is 19.2 Å². The molecule has 0 aromatic rings. The Labute approximate surface area is 204 Å². The van der Waals surface area contributed by atoms with Crippen molar-refractivity contribution in [1.29, 1.82) is 0 Å². The van der Waals surface area contributed by atoms with Gasteiger partial charge in [0.1, 0.15) is 18.1 Å². The Morgan fingerprint density at radius 2 is 1.52 bits per heavy atom. The summed E-state index contributed by atoms with van der Waals surface area (Å²) in [5, 5.41) is 20.7. The lowest BCUT2D eigenvalue weighted by atomic mass is 10.1. The van der Waals surface area contributed by atoms with E-state index in [4.69, 9.17) is 5.73 Å². The van der Waals surface area contributed by atoms with Gasteiger partial charge in [-0.15, -0.1) is 0 Å². The van der Waals surface area contributed by atoms with Crippen molar-refractivity contribution in [2.24, 2.45) is 5.73 Å². The highest BCUT2D eigenvalue weighted by atomic mass is 32.2. The minimum atomic E-state index is -1.11. The van der Waals surface area contributed by atoms with Crippen molar-refractivity contribution >= 4 is 47.2 Å². The van der Waals surface area contributed by atoms with Crippen LogP contribution in [0.5, 0.6) is 0 Å². The van der Waals surface area contributed by atoms with Crippen molar-refractivity contribution in [3.63, 3.8) is 0 Å². The van der Waals surface area contributed by atoms with Crippen molar-refractivity contribution in [1.82, 2.24) is 21.3 Å². The first-order valence-corrected chi connectivity index (χ1v) is 14.2.